The average Bonchev–Trinajstić information content (AvgIpc) is 2.40. The molecular weight excluding hydrogens is 387 g/mol. The second-order valence-electron chi connectivity index (χ2n) is 4.17. The van der Waals surface area contributed by atoms with Gasteiger partial charge in [-0.15, -0.1) is 0 Å². The van der Waals surface area contributed by atoms with Crippen molar-refractivity contribution in [3.05, 3.63) is 57.5 Å². The average molecular weight is 397 g/mol. The fourth-order valence-corrected chi connectivity index (χ4v) is 2.74. The van der Waals surface area contributed by atoms with Crippen LogP contribution in [-0.2, 0) is 6.54 Å². The number of halogens is 5. The number of benzene rings is 2. The molecule has 1 N–H and O–H groups in total. The molecule has 2 aromatic rings. The number of rotatable bonds is 4. The van der Waals surface area contributed by atoms with E-state index < -0.39 is 5.51 Å². The molecule has 0 unspecified atom stereocenters. The van der Waals surface area contributed by atoms with Gasteiger partial charge in [-0.1, -0.05) is 23.7 Å². The quantitative estimate of drug-likeness (QED) is 0.606. The van der Waals surface area contributed by atoms with Crippen LogP contribution in [0.25, 0.3) is 0 Å². The van der Waals surface area contributed by atoms with E-state index in [-0.39, 0.29) is 16.7 Å². The first-order valence-electron chi connectivity index (χ1n) is 5.87. The van der Waals surface area contributed by atoms with Crippen molar-refractivity contribution in [3.8, 4) is 0 Å². The molecule has 2 rings (SSSR count). The van der Waals surface area contributed by atoms with Crippen LogP contribution in [0.15, 0.2) is 51.8 Å². The van der Waals surface area contributed by atoms with Crippen molar-refractivity contribution >= 4 is 45.0 Å². The van der Waals surface area contributed by atoms with Crippen molar-refractivity contribution < 1.29 is 13.2 Å². The molecule has 0 fully saturated rings. The predicted molar refractivity (Wildman–Crippen MR) is 84.8 cm³/mol. The van der Waals surface area contributed by atoms with Crippen molar-refractivity contribution in [2.75, 3.05) is 5.32 Å². The Balaban J connectivity index is 1.99. The Hall–Kier alpha value is -0.850. The maximum Gasteiger partial charge on any atom is 0.446 e. The van der Waals surface area contributed by atoms with E-state index in [0.29, 0.717) is 11.6 Å². The van der Waals surface area contributed by atoms with Gasteiger partial charge >= 0.3 is 5.51 Å². The Morgan fingerprint density at radius 2 is 1.76 bits per heavy atom. The Morgan fingerprint density at radius 3 is 2.38 bits per heavy atom. The summed E-state index contributed by atoms with van der Waals surface area (Å²) in [5, 5.41) is 3.79. The molecule has 21 heavy (non-hydrogen) atoms. The third-order valence-electron chi connectivity index (χ3n) is 2.57. The highest BCUT2D eigenvalue weighted by atomic mass is 79.9. The monoisotopic (exact) mass is 395 g/mol. The van der Waals surface area contributed by atoms with Gasteiger partial charge in [0.1, 0.15) is 0 Å². The lowest BCUT2D eigenvalue weighted by Gasteiger charge is -2.10. The minimum atomic E-state index is -4.26. The topological polar surface area (TPSA) is 12.0 Å². The minimum absolute atomic E-state index is 0.117. The lowest BCUT2D eigenvalue weighted by Crippen LogP contribution is -2.01. The fraction of sp³-hybridized carbons (Fsp3) is 0.143. The first-order chi connectivity index (χ1) is 9.83. The minimum Gasteiger partial charge on any atom is -0.380 e. The van der Waals surface area contributed by atoms with Crippen LogP contribution in [0.3, 0.4) is 0 Å². The van der Waals surface area contributed by atoms with Crippen molar-refractivity contribution in [2.24, 2.45) is 0 Å². The van der Waals surface area contributed by atoms with Gasteiger partial charge < -0.3 is 5.32 Å². The lowest BCUT2D eigenvalue weighted by atomic mass is 10.2. The van der Waals surface area contributed by atoms with E-state index in [4.69, 9.17) is 11.6 Å². The summed E-state index contributed by atoms with van der Waals surface area (Å²) in [5.74, 6) is 0. The van der Waals surface area contributed by atoms with Crippen molar-refractivity contribution in [3.63, 3.8) is 0 Å². The highest BCUT2D eigenvalue weighted by molar-refractivity contribution is 9.10. The Labute approximate surface area is 138 Å². The normalized spacial score (nSPS) is 11.5. The summed E-state index contributed by atoms with van der Waals surface area (Å²) in [7, 11) is 0. The van der Waals surface area contributed by atoms with Crippen LogP contribution in [0, 0.1) is 0 Å². The second-order valence-corrected chi connectivity index (χ2v) is 6.60. The molecule has 2 aromatic carbocycles. The van der Waals surface area contributed by atoms with Crippen LogP contribution in [0.2, 0.25) is 5.02 Å². The van der Waals surface area contributed by atoms with Gasteiger partial charge in [-0.05, 0) is 63.6 Å². The standard InChI is InChI=1S/C14H10BrClF3NS/c15-12-6-3-10(16)7-13(12)20-8-9-1-4-11(5-2-9)21-14(17,18)19/h1-7,20H,8H2. The Bertz CT molecular complexity index is 617. The van der Waals surface area contributed by atoms with E-state index in [1.165, 1.54) is 12.1 Å². The van der Waals surface area contributed by atoms with Gasteiger partial charge in [-0.3, -0.25) is 0 Å². The second kappa shape index (κ2) is 6.94. The summed E-state index contributed by atoms with van der Waals surface area (Å²) in [5.41, 5.74) is -2.55. The van der Waals surface area contributed by atoms with Crippen LogP contribution in [0.4, 0.5) is 18.9 Å². The fourth-order valence-electron chi connectivity index (χ4n) is 1.64. The lowest BCUT2D eigenvalue weighted by molar-refractivity contribution is -0.0328. The van der Waals surface area contributed by atoms with Crippen LogP contribution in [0.1, 0.15) is 5.56 Å². The van der Waals surface area contributed by atoms with Gasteiger partial charge in [0.25, 0.3) is 0 Å². The zero-order valence-electron chi connectivity index (χ0n) is 10.5. The summed E-state index contributed by atoms with van der Waals surface area (Å²) >= 11 is 9.19. The Kier molecular flexibility index (Phi) is 5.46. The first-order valence-corrected chi connectivity index (χ1v) is 7.86. The van der Waals surface area contributed by atoms with Crippen LogP contribution in [0.5, 0.6) is 0 Å². The molecule has 0 saturated heterocycles. The molecule has 0 bridgehead atoms. The highest BCUT2D eigenvalue weighted by Gasteiger charge is 2.28. The molecule has 0 amide bonds. The molecule has 0 heterocycles. The molecule has 0 aliphatic carbocycles. The molecule has 0 saturated carbocycles. The van der Waals surface area contributed by atoms with Crippen molar-refractivity contribution in [2.45, 2.75) is 16.9 Å². The van der Waals surface area contributed by atoms with Crippen LogP contribution >= 0.6 is 39.3 Å². The summed E-state index contributed by atoms with van der Waals surface area (Å²) in [6.45, 7) is 0.496. The molecule has 0 spiro atoms. The van der Waals surface area contributed by atoms with E-state index >= 15 is 0 Å². The maximum atomic E-state index is 12.2. The Morgan fingerprint density at radius 1 is 1.10 bits per heavy atom. The number of hydrogen-bond acceptors (Lipinski definition) is 2. The maximum absolute atomic E-state index is 12.2. The number of alkyl halides is 3. The van der Waals surface area contributed by atoms with Gasteiger partial charge in [0.2, 0.25) is 0 Å². The summed E-state index contributed by atoms with van der Waals surface area (Å²) in [6, 6.07) is 11.6. The molecule has 0 aliphatic rings. The number of anilines is 1. The first kappa shape index (κ1) is 16.5. The molecule has 0 aromatic heterocycles. The summed E-state index contributed by atoms with van der Waals surface area (Å²) in [4.78, 5) is 0.176. The van der Waals surface area contributed by atoms with Crippen LogP contribution < -0.4 is 5.32 Å². The zero-order valence-corrected chi connectivity index (χ0v) is 13.7. The van der Waals surface area contributed by atoms with Gasteiger partial charge in [0.05, 0.1) is 5.69 Å². The third-order valence-corrected chi connectivity index (χ3v) is 4.23. The van der Waals surface area contributed by atoms with Gasteiger partial charge in [0, 0.05) is 20.9 Å². The molecule has 1 nitrogen and oxygen atoms in total. The summed E-state index contributed by atoms with van der Waals surface area (Å²) in [6.07, 6.45) is 0. The third kappa shape index (κ3) is 5.45. The molecule has 112 valence electrons. The van der Waals surface area contributed by atoms with E-state index in [0.717, 1.165) is 15.7 Å². The van der Waals surface area contributed by atoms with Gasteiger partial charge in [0.15, 0.2) is 0 Å². The number of thioether (sulfide) groups is 1. The van der Waals surface area contributed by atoms with Crippen molar-refractivity contribution in [1.82, 2.24) is 0 Å². The highest BCUT2D eigenvalue weighted by Crippen LogP contribution is 2.36. The zero-order chi connectivity index (χ0) is 15.5. The van der Waals surface area contributed by atoms with E-state index in [2.05, 4.69) is 21.2 Å². The molecule has 7 heteroatoms. The van der Waals surface area contributed by atoms with E-state index in [9.17, 15) is 13.2 Å². The van der Waals surface area contributed by atoms with E-state index in [1.54, 1.807) is 24.3 Å². The molecule has 0 radical (unpaired) electrons. The SMILES string of the molecule is FC(F)(F)Sc1ccc(CNc2cc(Cl)ccc2Br)cc1. The molecule has 0 atom stereocenters. The molecular formula is C14H10BrClF3NS. The van der Waals surface area contributed by atoms with Gasteiger partial charge in [-0.25, -0.2) is 0 Å². The van der Waals surface area contributed by atoms with E-state index in [1.807, 2.05) is 6.07 Å². The largest absolute Gasteiger partial charge is 0.446 e. The predicted octanol–water partition coefficient (Wildman–Crippen LogP) is 6.33. The summed E-state index contributed by atoms with van der Waals surface area (Å²) < 4.78 is 37.6. The van der Waals surface area contributed by atoms with Crippen LogP contribution in [-0.4, -0.2) is 5.51 Å². The number of nitrogens with one attached hydrogen (secondary N) is 1. The van der Waals surface area contributed by atoms with Crippen molar-refractivity contribution in [1.29, 1.82) is 0 Å². The molecule has 0 aliphatic heterocycles. The smallest absolute Gasteiger partial charge is 0.380 e. The number of hydrogen-bond donors (Lipinski definition) is 1. The van der Waals surface area contributed by atoms with Gasteiger partial charge in [-0.2, -0.15) is 13.2 Å².